The van der Waals surface area contributed by atoms with Gasteiger partial charge in [-0.25, -0.2) is 0 Å². The Kier molecular flexibility index (Phi) is 10.2. The lowest BCUT2D eigenvalue weighted by atomic mass is 10.3. The Bertz CT molecular complexity index is 115. The van der Waals surface area contributed by atoms with Crippen LogP contribution in [0, 0.1) is 0 Å². The van der Waals surface area contributed by atoms with Gasteiger partial charge in [-0.15, -0.1) is 0 Å². The normalized spacial score (nSPS) is 10.5. The number of hydrogen-bond acceptors (Lipinski definition) is 2. The number of rotatable bonds is 3. The van der Waals surface area contributed by atoms with E-state index in [0.717, 1.165) is 0 Å². The van der Waals surface area contributed by atoms with Crippen molar-refractivity contribution in [2.75, 3.05) is 0 Å². The van der Waals surface area contributed by atoms with E-state index in [9.17, 15) is 9.59 Å². The highest BCUT2D eigenvalue weighted by atomic mass is 16.2. The molecular formula is C7H16N2O2. The lowest BCUT2D eigenvalue weighted by molar-refractivity contribution is -0.122. The molecule has 0 heterocycles. The molecule has 1 atom stereocenters. The van der Waals surface area contributed by atoms with Crippen LogP contribution in [-0.2, 0) is 9.59 Å². The van der Waals surface area contributed by atoms with Crippen molar-refractivity contribution in [1.82, 2.24) is 5.32 Å². The molecule has 0 radical (unpaired) electrons. The van der Waals surface area contributed by atoms with E-state index in [2.05, 4.69) is 19.2 Å². The van der Waals surface area contributed by atoms with E-state index in [4.69, 9.17) is 5.73 Å². The van der Waals surface area contributed by atoms with Gasteiger partial charge in [0, 0.05) is 0 Å². The molecule has 0 bridgehead atoms. The second-order valence-corrected chi connectivity index (χ2v) is 2.12. The third kappa shape index (κ3) is 12.2. The zero-order valence-corrected chi connectivity index (χ0v) is 7.26. The lowest BCUT2D eigenvalue weighted by Crippen LogP contribution is -2.37. The molecule has 0 aliphatic rings. The molecule has 0 spiro atoms. The number of amides is 2. The van der Waals surface area contributed by atoms with E-state index >= 15 is 0 Å². The summed E-state index contributed by atoms with van der Waals surface area (Å²) in [5.74, 6) is -0.530. The van der Waals surface area contributed by atoms with Gasteiger partial charge in [0.1, 0.15) is 6.04 Å². The number of primary amides is 1. The van der Waals surface area contributed by atoms with Crippen molar-refractivity contribution in [2.45, 2.75) is 33.2 Å². The number of hydrogen-bond donors (Lipinski definition) is 2. The van der Waals surface area contributed by atoms with Crippen LogP contribution in [0.25, 0.3) is 0 Å². The summed E-state index contributed by atoms with van der Waals surface area (Å²) in [6, 6.07) is -0.563. The highest BCUT2D eigenvalue weighted by molar-refractivity contribution is 5.81. The third-order valence-corrected chi connectivity index (χ3v) is 0.745. The van der Waals surface area contributed by atoms with E-state index in [-0.39, 0.29) is 0 Å². The van der Waals surface area contributed by atoms with E-state index in [0.29, 0.717) is 6.41 Å². The topological polar surface area (TPSA) is 72.2 Å². The van der Waals surface area contributed by atoms with E-state index in [1.54, 1.807) is 0 Å². The Balaban J connectivity index is 0. The van der Waals surface area contributed by atoms with Crippen LogP contribution in [0.2, 0.25) is 0 Å². The summed E-state index contributed by atoms with van der Waals surface area (Å²) in [6.45, 7) is 5.76. The monoisotopic (exact) mass is 160 g/mol. The van der Waals surface area contributed by atoms with Crippen LogP contribution in [0.5, 0.6) is 0 Å². The van der Waals surface area contributed by atoms with Crippen molar-refractivity contribution >= 4 is 12.3 Å². The standard InChI is InChI=1S/C4H8N2O2.C3H8/c1-3(4(5)8)6-2-7;1-3-2/h2-3H,1H3,(H2,5,8)(H,6,7);3H2,1-2H3. The first-order valence-corrected chi connectivity index (χ1v) is 3.59. The minimum atomic E-state index is -0.563. The first kappa shape index (κ1) is 12.6. The molecule has 0 saturated heterocycles. The fourth-order valence-electron chi connectivity index (χ4n) is 0.184. The van der Waals surface area contributed by atoms with Crippen molar-refractivity contribution in [3.63, 3.8) is 0 Å². The maximum Gasteiger partial charge on any atom is 0.239 e. The van der Waals surface area contributed by atoms with Crippen LogP contribution in [0.3, 0.4) is 0 Å². The molecule has 66 valence electrons. The van der Waals surface area contributed by atoms with Crippen LogP contribution in [0.1, 0.15) is 27.2 Å². The zero-order valence-electron chi connectivity index (χ0n) is 7.26. The quantitative estimate of drug-likeness (QED) is 0.571. The molecule has 1 unspecified atom stereocenters. The van der Waals surface area contributed by atoms with Gasteiger partial charge in [-0.1, -0.05) is 20.3 Å². The fraction of sp³-hybridized carbons (Fsp3) is 0.714. The maximum atomic E-state index is 10.1. The summed E-state index contributed by atoms with van der Waals surface area (Å²) >= 11 is 0. The van der Waals surface area contributed by atoms with Crippen LogP contribution in [0.15, 0.2) is 0 Å². The summed E-state index contributed by atoms with van der Waals surface area (Å²) in [5, 5.41) is 2.19. The average molecular weight is 160 g/mol. The summed E-state index contributed by atoms with van der Waals surface area (Å²) < 4.78 is 0. The molecule has 0 saturated carbocycles. The van der Waals surface area contributed by atoms with Crippen LogP contribution >= 0.6 is 0 Å². The number of nitrogens with two attached hydrogens (primary N) is 1. The molecule has 0 rings (SSSR count). The van der Waals surface area contributed by atoms with Crippen LogP contribution < -0.4 is 11.1 Å². The van der Waals surface area contributed by atoms with Crippen molar-refractivity contribution in [1.29, 1.82) is 0 Å². The molecular weight excluding hydrogens is 144 g/mol. The van der Waals surface area contributed by atoms with Gasteiger partial charge in [0.05, 0.1) is 0 Å². The van der Waals surface area contributed by atoms with Gasteiger partial charge < -0.3 is 11.1 Å². The molecule has 4 heteroatoms. The summed E-state index contributed by atoms with van der Waals surface area (Å²) in [7, 11) is 0. The molecule has 0 fully saturated rings. The maximum absolute atomic E-state index is 10.1. The van der Waals surface area contributed by atoms with E-state index in [1.807, 2.05) is 0 Å². The van der Waals surface area contributed by atoms with Gasteiger partial charge in [-0.3, -0.25) is 9.59 Å². The lowest BCUT2D eigenvalue weighted by Gasteiger charge is -2.01. The minimum Gasteiger partial charge on any atom is -0.368 e. The highest BCUT2D eigenvalue weighted by Gasteiger charge is 2.03. The SMILES string of the molecule is CC(NC=O)C(N)=O.CCC. The predicted molar refractivity (Wildman–Crippen MR) is 43.8 cm³/mol. The van der Waals surface area contributed by atoms with Gasteiger partial charge in [0.15, 0.2) is 0 Å². The Morgan fingerprint density at radius 1 is 1.64 bits per heavy atom. The van der Waals surface area contributed by atoms with Gasteiger partial charge >= 0.3 is 0 Å². The van der Waals surface area contributed by atoms with Gasteiger partial charge in [0.2, 0.25) is 12.3 Å². The molecule has 0 aromatic heterocycles. The van der Waals surface area contributed by atoms with Crippen LogP contribution in [0.4, 0.5) is 0 Å². The predicted octanol–water partition coefficient (Wildman–Crippen LogP) is 0.0225. The Morgan fingerprint density at radius 3 is 2.09 bits per heavy atom. The molecule has 0 aliphatic heterocycles. The smallest absolute Gasteiger partial charge is 0.239 e. The molecule has 0 aliphatic carbocycles. The van der Waals surface area contributed by atoms with Gasteiger partial charge in [0.25, 0.3) is 0 Å². The summed E-state index contributed by atoms with van der Waals surface area (Å²) in [4.78, 5) is 19.7. The third-order valence-electron chi connectivity index (χ3n) is 0.745. The minimum absolute atomic E-state index is 0.440. The first-order valence-electron chi connectivity index (χ1n) is 3.59. The highest BCUT2D eigenvalue weighted by Crippen LogP contribution is 1.72. The van der Waals surface area contributed by atoms with E-state index < -0.39 is 11.9 Å². The van der Waals surface area contributed by atoms with Crippen molar-refractivity contribution < 1.29 is 9.59 Å². The second kappa shape index (κ2) is 8.94. The van der Waals surface area contributed by atoms with Crippen molar-refractivity contribution in [2.24, 2.45) is 5.73 Å². The fourth-order valence-corrected chi connectivity index (χ4v) is 0.184. The summed E-state index contributed by atoms with van der Waals surface area (Å²) in [6.07, 6.45) is 1.69. The van der Waals surface area contributed by atoms with Gasteiger partial charge in [-0.2, -0.15) is 0 Å². The number of nitrogens with one attached hydrogen (secondary N) is 1. The van der Waals surface area contributed by atoms with E-state index in [1.165, 1.54) is 13.3 Å². The van der Waals surface area contributed by atoms with Gasteiger partial charge in [-0.05, 0) is 6.92 Å². The second-order valence-electron chi connectivity index (χ2n) is 2.12. The molecule has 4 nitrogen and oxygen atoms in total. The van der Waals surface area contributed by atoms with Crippen molar-refractivity contribution in [3.05, 3.63) is 0 Å². The molecule has 0 aromatic rings. The Labute approximate surface area is 67.1 Å². The molecule has 0 aromatic carbocycles. The molecule has 2 amide bonds. The Morgan fingerprint density at radius 2 is 2.00 bits per heavy atom. The number of carbonyl (C=O) groups excluding carboxylic acids is 2. The Hall–Kier alpha value is -1.06. The first-order chi connectivity index (χ1) is 5.09. The average Bonchev–Trinajstić information content (AvgIpc) is 1.90. The molecule has 11 heavy (non-hydrogen) atoms. The van der Waals surface area contributed by atoms with Crippen molar-refractivity contribution in [3.8, 4) is 0 Å². The largest absolute Gasteiger partial charge is 0.368 e. The zero-order chi connectivity index (χ0) is 9.28. The summed E-state index contributed by atoms with van der Waals surface area (Å²) in [5.41, 5.74) is 4.76. The molecule has 3 N–H and O–H groups in total. The number of carbonyl (C=O) groups is 2. The van der Waals surface area contributed by atoms with Crippen LogP contribution in [-0.4, -0.2) is 18.4 Å².